The molecule has 2 aliphatic heterocycles. The second kappa shape index (κ2) is 66.6. The summed E-state index contributed by atoms with van der Waals surface area (Å²) in [6, 6.07) is 90.3. The summed E-state index contributed by atoms with van der Waals surface area (Å²) in [6.07, 6.45) is 11.8. The first-order valence-corrected chi connectivity index (χ1v) is 53.5. The van der Waals surface area contributed by atoms with Crippen LogP contribution in [-0.4, -0.2) is 91.2 Å². The molecule has 2 heterocycles. The number of aliphatic hydroxyl groups excluding tert-OH is 1. The number of carbonyl (C=O) groups is 9. The number of aliphatic hydroxyl groups is 1. The molecule has 0 atom stereocenters. The molecule has 11 aromatic carbocycles. The smallest absolute Gasteiger partial charge is 0.414 e. The van der Waals surface area contributed by atoms with E-state index >= 15 is 0 Å². The monoisotopic (exact) mass is 2030 g/mol. The van der Waals surface area contributed by atoms with E-state index in [0.29, 0.717) is 123 Å². The second-order valence-corrected chi connectivity index (χ2v) is 41.6. The SMILES string of the molecule is CC(=O)Cc1cccc(C(C)C)c1.CC(C)c1ccc(NC(=O)C2CCCCC2)cc1.CC(C)c1ccc(NC(=O)CC2CC2)cc1.CC(C)c1ccc(NC(=O)CO)cc1.CC(C)c1ccc(NC(=O)COCc2ccccc2)cc1.CC(C)c1cccc(CC(N)=O)c1.CC(C)c1cccc(N)c1.CC(C)c1cccc(N2CCCC2=O)c1.CC(C)c1cccc(N2CCOC2=O)c1.CCC(=O)Nc1ccc(C(C)C)cc1. The quantitative estimate of drug-likeness (QED) is 0.0194. The number of cyclic esters (lactones) is 1. The highest BCUT2D eigenvalue weighted by Gasteiger charge is 2.27. The molecule has 2 saturated carbocycles. The molecular formula is C128H171N9O12. The van der Waals surface area contributed by atoms with Gasteiger partial charge in [-0.2, -0.15) is 0 Å². The fourth-order valence-electron chi connectivity index (χ4n) is 15.8. The van der Waals surface area contributed by atoms with Crippen molar-refractivity contribution < 1.29 is 57.7 Å². The van der Waals surface area contributed by atoms with Gasteiger partial charge in [0, 0.05) is 83.6 Å². The van der Waals surface area contributed by atoms with E-state index in [9.17, 15) is 43.2 Å². The van der Waals surface area contributed by atoms with Crippen molar-refractivity contribution in [2.24, 2.45) is 17.6 Å². The number of amides is 8. The molecule has 2 aliphatic carbocycles. The zero-order valence-corrected chi connectivity index (χ0v) is 92.8. The number of nitrogens with two attached hydrogens (primary N) is 2. The molecule has 10 N–H and O–H groups in total. The van der Waals surface area contributed by atoms with Crippen LogP contribution in [0.4, 0.5) is 50.3 Å². The maximum Gasteiger partial charge on any atom is 0.414 e. The van der Waals surface area contributed by atoms with Gasteiger partial charge in [0.2, 0.25) is 41.4 Å². The van der Waals surface area contributed by atoms with Crippen LogP contribution in [0.5, 0.6) is 0 Å². The van der Waals surface area contributed by atoms with E-state index in [-0.39, 0.29) is 65.8 Å². The molecular weight excluding hydrogens is 1860 g/mol. The van der Waals surface area contributed by atoms with Crippen molar-refractivity contribution >= 4 is 98.7 Å². The minimum Gasteiger partial charge on any atom is -0.447 e. The van der Waals surface area contributed by atoms with E-state index < -0.39 is 6.61 Å². The summed E-state index contributed by atoms with van der Waals surface area (Å²) in [7, 11) is 0. The summed E-state index contributed by atoms with van der Waals surface area (Å²) in [5.74, 6) is 6.14. The predicted octanol–water partition coefficient (Wildman–Crippen LogP) is 29.6. The van der Waals surface area contributed by atoms with Crippen molar-refractivity contribution in [3.63, 3.8) is 0 Å². The molecule has 800 valence electrons. The summed E-state index contributed by atoms with van der Waals surface area (Å²) < 4.78 is 10.3. The molecule has 11 aromatic rings. The van der Waals surface area contributed by atoms with E-state index in [4.69, 9.17) is 26.0 Å². The number of primary amides is 1. The van der Waals surface area contributed by atoms with Crippen LogP contribution in [0.3, 0.4) is 0 Å². The lowest BCUT2D eigenvalue weighted by Crippen LogP contribution is -2.24. The van der Waals surface area contributed by atoms with Crippen LogP contribution in [0.25, 0.3) is 0 Å². The zero-order valence-electron chi connectivity index (χ0n) is 92.8. The molecule has 8 amide bonds. The van der Waals surface area contributed by atoms with E-state index in [0.717, 1.165) is 82.3 Å². The third kappa shape index (κ3) is 48.9. The van der Waals surface area contributed by atoms with Crippen LogP contribution >= 0.6 is 0 Å². The van der Waals surface area contributed by atoms with Crippen molar-refractivity contribution in [1.29, 1.82) is 0 Å². The second-order valence-electron chi connectivity index (χ2n) is 41.6. The maximum atomic E-state index is 12.1. The average molecular weight is 2030 g/mol. The Balaban J connectivity index is 0.000000254. The van der Waals surface area contributed by atoms with Gasteiger partial charge in [-0.05, 0) is 274 Å². The Morgan fingerprint density at radius 1 is 0.369 bits per heavy atom. The van der Waals surface area contributed by atoms with Crippen LogP contribution in [0.2, 0.25) is 0 Å². The third-order valence-electron chi connectivity index (χ3n) is 25.4. The van der Waals surface area contributed by atoms with E-state index in [1.165, 1.54) is 87.7 Å². The maximum absolute atomic E-state index is 12.1. The lowest BCUT2D eigenvalue weighted by molar-refractivity contribution is -0.121. The number of Topliss-reactive ketones (excluding diaryl/α,β-unsaturated/α-hetero) is 1. The summed E-state index contributed by atoms with van der Waals surface area (Å²) in [6.45, 7) is 48.5. The first-order valence-electron chi connectivity index (χ1n) is 53.5. The van der Waals surface area contributed by atoms with E-state index in [1.807, 2.05) is 200 Å². The van der Waals surface area contributed by atoms with Gasteiger partial charge < -0.3 is 57.5 Å². The van der Waals surface area contributed by atoms with Crippen molar-refractivity contribution in [3.8, 4) is 0 Å². The Bertz CT molecular complexity index is 5640. The van der Waals surface area contributed by atoms with Crippen molar-refractivity contribution in [1.82, 2.24) is 0 Å². The highest BCUT2D eigenvalue weighted by Crippen LogP contribution is 2.34. The van der Waals surface area contributed by atoms with Gasteiger partial charge in [0.15, 0.2) is 0 Å². The minimum absolute atomic E-state index is 0.0564. The molecule has 21 nitrogen and oxygen atoms in total. The molecule has 0 bridgehead atoms. The number of rotatable bonds is 30. The number of nitrogens with one attached hydrogen (secondary N) is 5. The fraction of sp³-hybridized carbons (Fsp3) is 0.414. The minimum atomic E-state index is -0.480. The van der Waals surface area contributed by atoms with Gasteiger partial charge >= 0.3 is 6.09 Å². The molecule has 149 heavy (non-hydrogen) atoms. The molecule has 4 fully saturated rings. The Hall–Kier alpha value is -13.6. The van der Waals surface area contributed by atoms with Crippen LogP contribution < -0.4 is 47.9 Å². The number of nitrogens with zero attached hydrogens (tertiary/aromatic N) is 2. The standard InChI is InChI=1S/C18H21NO2.C16H23NO.C14H19NO.C13H17NO.C12H15NO2.C12H17NO.C12H16O.C11H15NO2.C11H15NO.C9H13N/c1-14(2)16-8-10-17(11-9-16)19-18(20)13-21-12-15-6-4-3-5-7-15;1-12(2)13-8-10-15(11-9-13)17-16(18)14-6-4-3-5-7-14;1-10(2)12-5-7-13(8-6-12)15-14(16)9-11-3-4-11;1-10(2)11-5-3-6-12(9-11)14-8-4-7-13(14)15;1-9(2)10-4-3-5-11(8-10)13-6-7-15-12(13)14;1-4-12(14)13-11-7-5-10(6-8-11)9(2)3;1-9(2)12-6-4-5-11(8-12)7-10(3)13;1-8(2)9-3-5-10(6-4-9)12-11(14)7-13;1-8(2)10-5-3-4-9(6-10)7-11(12)13;1-7(2)8-4-3-5-9(10)6-8/h3-11,14H,12-13H2,1-2H3,(H,19,20);8-12,14H,3-7H2,1-2H3,(H,17,18);5-8,10-11H,3-4,9H2,1-2H3,(H,15,16);3,5-6,9-10H,4,7-8H2,1-2H3;3-5,8-9H,6-7H2,1-2H3;5-9H,4H2,1-3H3,(H,13,14);4-6,8-9H,7H2,1-3H3;3-6,8,13H,7H2,1-2H3,(H,12,14);3-6,8H,7H2,1-2H3,(H2,12,13);3-7H,10H2,1-2H3. The number of carbonyl (C=O) groups excluding carboxylic acids is 9. The molecule has 0 unspecified atom stereocenters. The highest BCUT2D eigenvalue weighted by molar-refractivity contribution is 5.96. The summed E-state index contributed by atoms with van der Waals surface area (Å²) in [5.41, 5.74) is 33.8. The van der Waals surface area contributed by atoms with E-state index in [1.54, 1.807) is 11.8 Å². The molecule has 21 heteroatoms. The average Bonchev–Trinajstić information content (AvgIpc) is 1.72. The number of benzene rings is 11. The Morgan fingerprint density at radius 3 is 1.07 bits per heavy atom. The van der Waals surface area contributed by atoms with Gasteiger partial charge in [-0.3, -0.25) is 43.3 Å². The summed E-state index contributed by atoms with van der Waals surface area (Å²) in [5, 5.41) is 22.7. The highest BCUT2D eigenvalue weighted by atomic mass is 16.6. The molecule has 0 spiro atoms. The largest absolute Gasteiger partial charge is 0.447 e. The van der Waals surface area contributed by atoms with Gasteiger partial charge in [0.05, 0.1) is 19.6 Å². The van der Waals surface area contributed by atoms with Crippen LogP contribution in [0, 0.1) is 11.8 Å². The molecule has 15 rings (SSSR count). The van der Waals surface area contributed by atoms with Gasteiger partial charge in [-0.1, -0.05) is 341 Å². The van der Waals surface area contributed by atoms with Crippen LogP contribution in [0.1, 0.15) is 354 Å². The Kier molecular flexibility index (Phi) is 55.5. The Morgan fingerprint density at radius 2 is 0.725 bits per heavy atom. The van der Waals surface area contributed by atoms with Gasteiger partial charge in [0.1, 0.15) is 25.6 Å². The molecule has 4 aliphatic rings. The van der Waals surface area contributed by atoms with Crippen LogP contribution in [-0.2, 0) is 67.3 Å². The molecule has 0 aromatic heterocycles. The van der Waals surface area contributed by atoms with Crippen molar-refractivity contribution in [3.05, 3.63) is 345 Å². The number of anilines is 8. The number of ether oxygens (including phenoxy) is 2. The first kappa shape index (κ1) is 124. The number of nitrogen functional groups attached to an aromatic ring is 1. The van der Waals surface area contributed by atoms with E-state index in [2.05, 4.69) is 250 Å². The number of hydrogen-bond donors (Lipinski definition) is 8. The summed E-state index contributed by atoms with van der Waals surface area (Å²) in [4.78, 5) is 105. The Labute approximate surface area is 890 Å². The van der Waals surface area contributed by atoms with Crippen LogP contribution in [0.15, 0.2) is 273 Å². The molecule has 2 saturated heterocycles. The normalized spacial score (nSPS) is 12.9. The van der Waals surface area contributed by atoms with Gasteiger partial charge in [0.25, 0.3) is 0 Å². The first-order chi connectivity index (χ1) is 71.0. The number of ketones is 1. The third-order valence-corrected chi connectivity index (χ3v) is 25.4. The number of hydrogen-bond acceptors (Lipinski definition) is 13. The fourth-order valence-corrected chi connectivity index (χ4v) is 15.8. The zero-order chi connectivity index (χ0) is 110. The van der Waals surface area contributed by atoms with Gasteiger partial charge in [-0.15, -0.1) is 0 Å². The van der Waals surface area contributed by atoms with Crippen molar-refractivity contribution in [2.45, 2.75) is 302 Å². The van der Waals surface area contributed by atoms with Crippen molar-refractivity contribution in [2.75, 3.05) is 75.0 Å². The lowest BCUT2D eigenvalue weighted by atomic mass is 9.88. The topological polar surface area (TPSA) is 311 Å². The lowest BCUT2D eigenvalue weighted by Gasteiger charge is -2.20. The van der Waals surface area contributed by atoms with Gasteiger partial charge in [-0.25, -0.2) is 4.79 Å². The predicted molar refractivity (Wildman–Crippen MR) is 618 cm³/mol. The molecule has 0 radical (unpaired) electrons. The summed E-state index contributed by atoms with van der Waals surface area (Å²) >= 11 is 0.